The second-order valence-electron chi connectivity index (χ2n) is 5.18. The zero-order chi connectivity index (χ0) is 15.2. The van der Waals surface area contributed by atoms with Gasteiger partial charge in [0, 0.05) is 10.7 Å². The van der Waals surface area contributed by atoms with Crippen molar-refractivity contribution in [3.05, 3.63) is 64.2 Å². The highest BCUT2D eigenvalue weighted by Crippen LogP contribution is 2.27. The topological polar surface area (TPSA) is 35.8 Å². The molecule has 1 unspecified atom stereocenters. The Balaban J connectivity index is 2.28. The Morgan fingerprint density at radius 2 is 1.90 bits per heavy atom. The maximum Gasteiger partial charge on any atom is 0.0992 e. The monoisotopic (exact) mass is 298 g/mol. The summed E-state index contributed by atoms with van der Waals surface area (Å²) in [5.74, 6) is 0. The van der Waals surface area contributed by atoms with E-state index in [1.807, 2.05) is 37.3 Å². The van der Waals surface area contributed by atoms with Gasteiger partial charge >= 0.3 is 0 Å². The Labute approximate surface area is 131 Å². The van der Waals surface area contributed by atoms with Crippen molar-refractivity contribution in [3.63, 3.8) is 0 Å². The number of nitriles is 1. The maximum atomic E-state index is 9.05. The van der Waals surface area contributed by atoms with E-state index in [4.69, 9.17) is 16.9 Å². The predicted octanol–water partition coefficient (Wildman–Crippen LogP) is 5.47. The zero-order valence-electron chi connectivity index (χ0n) is 12.4. The van der Waals surface area contributed by atoms with Crippen molar-refractivity contribution in [2.75, 3.05) is 5.32 Å². The molecule has 108 valence electrons. The first-order valence-corrected chi connectivity index (χ1v) is 7.54. The van der Waals surface area contributed by atoms with Crippen LogP contribution >= 0.6 is 11.6 Å². The molecule has 1 atom stereocenters. The molecule has 0 amide bonds. The van der Waals surface area contributed by atoms with Gasteiger partial charge in [0.05, 0.1) is 17.7 Å². The van der Waals surface area contributed by atoms with Crippen LogP contribution in [0.1, 0.15) is 42.5 Å². The van der Waals surface area contributed by atoms with Gasteiger partial charge < -0.3 is 5.32 Å². The summed E-state index contributed by atoms with van der Waals surface area (Å²) < 4.78 is 0. The van der Waals surface area contributed by atoms with Crippen molar-refractivity contribution in [2.45, 2.75) is 32.7 Å². The van der Waals surface area contributed by atoms with Crippen molar-refractivity contribution in [3.8, 4) is 6.07 Å². The van der Waals surface area contributed by atoms with Gasteiger partial charge in [-0.25, -0.2) is 0 Å². The van der Waals surface area contributed by atoms with Crippen LogP contribution in [0, 0.1) is 18.3 Å². The lowest BCUT2D eigenvalue weighted by molar-refractivity contribution is 0.677. The van der Waals surface area contributed by atoms with Crippen LogP contribution in [0.2, 0.25) is 5.02 Å². The first kappa shape index (κ1) is 15.4. The second kappa shape index (κ2) is 7.15. The van der Waals surface area contributed by atoms with Crippen LogP contribution in [-0.4, -0.2) is 0 Å². The number of nitrogens with one attached hydrogen (secondary N) is 1. The average Bonchev–Trinajstić information content (AvgIpc) is 2.49. The summed E-state index contributed by atoms with van der Waals surface area (Å²) in [6.45, 7) is 4.22. The summed E-state index contributed by atoms with van der Waals surface area (Å²) >= 11 is 5.96. The summed E-state index contributed by atoms with van der Waals surface area (Å²) in [6, 6.07) is 16.1. The van der Waals surface area contributed by atoms with Crippen LogP contribution in [-0.2, 0) is 0 Å². The van der Waals surface area contributed by atoms with Crippen molar-refractivity contribution >= 4 is 17.3 Å². The van der Waals surface area contributed by atoms with Gasteiger partial charge in [0.2, 0.25) is 0 Å². The van der Waals surface area contributed by atoms with Crippen molar-refractivity contribution < 1.29 is 0 Å². The first-order chi connectivity index (χ1) is 10.1. The molecule has 0 fully saturated rings. The van der Waals surface area contributed by atoms with Crippen LogP contribution in [0.15, 0.2) is 42.5 Å². The van der Waals surface area contributed by atoms with E-state index in [0.717, 1.165) is 29.1 Å². The number of aryl methyl sites for hydroxylation is 1. The minimum Gasteiger partial charge on any atom is -0.378 e. The molecule has 2 aromatic carbocycles. The lowest BCUT2D eigenvalue weighted by Gasteiger charge is -2.21. The molecule has 2 aromatic rings. The third-order valence-electron chi connectivity index (χ3n) is 3.55. The molecule has 0 heterocycles. The molecule has 0 aliphatic rings. The van der Waals surface area contributed by atoms with Crippen LogP contribution < -0.4 is 5.32 Å². The van der Waals surface area contributed by atoms with Crippen LogP contribution in [0.3, 0.4) is 0 Å². The Bertz CT molecular complexity index is 641. The highest BCUT2D eigenvalue weighted by Gasteiger charge is 2.12. The van der Waals surface area contributed by atoms with Gasteiger partial charge in [-0.2, -0.15) is 5.26 Å². The molecule has 21 heavy (non-hydrogen) atoms. The summed E-state index contributed by atoms with van der Waals surface area (Å²) in [5.41, 5.74) is 4.05. The van der Waals surface area contributed by atoms with Gasteiger partial charge in [-0.3, -0.25) is 0 Å². The molecule has 3 heteroatoms. The fraction of sp³-hybridized carbons (Fsp3) is 0.278. The number of benzene rings is 2. The van der Waals surface area contributed by atoms with Gasteiger partial charge in [-0.1, -0.05) is 43.1 Å². The van der Waals surface area contributed by atoms with E-state index in [9.17, 15) is 0 Å². The Morgan fingerprint density at radius 1 is 1.19 bits per heavy atom. The van der Waals surface area contributed by atoms with Crippen LogP contribution in [0.4, 0.5) is 5.69 Å². The number of anilines is 1. The lowest BCUT2D eigenvalue weighted by atomic mass is 10.0. The first-order valence-electron chi connectivity index (χ1n) is 7.16. The summed E-state index contributed by atoms with van der Waals surface area (Å²) in [7, 11) is 0. The minimum absolute atomic E-state index is 0.222. The number of nitrogens with zero attached hydrogens (tertiary/aromatic N) is 1. The van der Waals surface area contributed by atoms with E-state index in [0.29, 0.717) is 5.56 Å². The molecule has 2 nitrogen and oxygen atoms in total. The molecule has 2 rings (SSSR count). The van der Waals surface area contributed by atoms with Crippen molar-refractivity contribution in [2.24, 2.45) is 0 Å². The highest BCUT2D eigenvalue weighted by atomic mass is 35.5. The number of hydrogen-bond acceptors (Lipinski definition) is 2. The lowest BCUT2D eigenvalue weighted by Crippen LogP contribution is -2.11. The van der Waals surface area contributed by atoms with Gasteiger partial charge in [-0.05, 0) is 48.7 Å². The molecule has 0 radical (unpaired) electrons. The molecule has 0 bridgehead atoms. The predicted molar refractivity (Wildman–Crippen MR) is 88.6 cm³/mol. The molecular formula is C18H19ClN2. The molecule has 0 aliphatic carbocycles. The third-order valence-corrected chi connectivity index (χ3v) is 3.80. The summed E-state index contributed by atoms with van der Waals surface area (Å²) in [5, 5.41) is 13.4. The van der Waals surface area contributed by atoms with Crippen LogP contribution in [0.5, 0.6) is 0 Å². The van der Waals surface area contributed by atoms with E-state index in [2.05, 4.69) is 30.4 Å². The number of rotatable bonds is 5. The Hall–Kier alpha value is -1.98. The van der Waals surface area contributed by atoms with E-state index in [1.165, 1.54) is 5.56 Å². The fourth-order valence-corrected chi connectivity index (χ4v) is 2.47. The average molecular weight is 299 g/mol. The third kappa shape index (κ3) is 4.00. The fourth-order valence-electron chi connectivity index (χ4n) is 2.34. The maximum absolute atomic E-state index is 9.05. The Morgan fingerprint density at radius 3 is 2.52 bits per heavy atom. The van der Waals surface area contributed by atoms with Gasteiger partial charge in [0.25, 0.3) is 0 Å². The smallest absolute Gasteiger partial charge is 0.0992 e. The van der Waals surface area contributed by atoms with E-state index in [1.54, 1.807) is 0 Å². The highest BCUT2D eigenvalue weighted by molar-refractivity contribution is 6.30. The normalized spacial score (nSPS) is 11.7. The standard InChI is InChI=1S/C18H19ClN2/c1-3-4-17(15-7-9-16(19)10-8-15)21-18-11-14(12-20)6-5-13(18)2/h5-11,17,21H,3-4H2,1-2H3. The van der Waals surface area contributed by atoms with E-state index in [-0.39, 0.29) is 6.04 Å². The second-order valence-corrected chi connectivity index (χ2v) is 5.62. The minimum atomic E-state index is 0.222. The van der Waals surface area contributed by atoms with Crippen molar-refractivity contribution in [1.29, 1.82) is 5.26 Å². The Kier molecular flexibility index (Phi) is 5.25. The molecule has 0 saturated carbocycles. The molecule has 0 spiro atoms. The number of halogens is 1. The van der Waals surface area contributed by atoms with Crippen LogP contribution in [0.25, 0.3) is 0 Å². The number of hydrogen-bond donors (Lipinski definition) is 1. The largest absolute Gasteiger partial charge is 0.378 e. The SMILES string of the molecule is CCCC(Nc1cc(C#N)ccc1C)c1ccc(Cl)cc1. The molecular weight excluding hydrogens is 280 g/mol. The quantitative estimate of drug-likeness (QED) is 0.794. The van der Waals surface area contributed by atoms with E-state index < -0.39 is 0 Å². The molecule has 0 aliphatic heterocycles. The van der Waals surface area contributed by atoms with Crippen molar-refractivity contribution in [1.82, 2.24) is 0 Å². The van der Waals surface area contributed by atoms with Gasteiger partial charge in [-0.15, -0.1) is 0 Å². The molecule has 1 N–H and O–H groups in total. The molecule has 0 saturated heterocycles. The van der Waals surface area contributed by atoms with E-state index >= 15 is 0 Å². The van der Waals surface area contributed by atoms with Gasteiger partial charge in [0.15, 0.2) is 0 Å². The zero-order valence-corrected chi connectivity index (χ0v) is 13.1. The summed E-state index contributed by atoms with van der Waals surface area (Å²) in [4.78, 5) is 0. The summed E-state index contributed by atoms with van der Waals surface area (Å²) in [6.07, 6.45) is 2.11. The van der Waals surface area contributed by atoms with Gasteiger partial charge in [0.1, 0.15) is 0 Å². The molecule has 0 aromatic heterocycles.